The molecule has 2 aliphatic heterocycles. The van der Waals surface area contributed by atoms with Crippen LogP contribution in [0.3, 0.4) is 0 Å². The van der Waals surface area contributed by atoms with E-state index in [1.54, 1.807) is 22.7 Å². The van der Waals surface area contributed by atoms with Gasteiger partial charge in [0.05, 0.1) is 50.7 Å². The number of rotatable bonds is 19. The molecule has 0 spiro atoms. The van der Waals surface area contributed by atoms with Gasteiger partial charge in [-0.2, -0.15) is 0 Å². The Hall–Kier alpha value is -5.34. The highest BCUT2D eigenvalue weighted by atomic mass is 32.1. The summed E-state index contributed by atoms with van der Waals surface area (Å²) in [6, 6.07) is 25.7. The lowest BCUT2D eigenvalue weighted by atomic mass is 9.99. The summed E-state index contributed by atoms with van der Waals surface area (Å²) in [5.41, 5.74) is 8.71. The Bertz CT molecular complexity index is 2780. The summed E-state index contributed by atoms with van der Waals surface area (Å²) in [6.07, 6.45) is 15.5. The molecule has 2 fully saturated rings. The number of hydrogen-bond donors (Lipinski definition) is 2. The zero-order valence-corrected chi connectivity index (χ0v) is 41.5. The van der Waals surface area contributed by atoms with Gasteiger partial charge in [-0.25, -0.2) is 9.97 Å². The lowest BCUT2D eigenvalue weighted by Crippen LogP contribution is -2.34. The Labute approximate surface area is 404 Å². The zero-order valence-electron chi connectivity index (χ0n) is 39.8. The molecule has 11 nitrogen and oxygen atoms in total. The van der Waals surface area contributed by atoms with Crippen LogP contribution in [0.5, 0.6) is 17.2 Å². The molecule has 2 saturated heterocycles. The Morgan fingerprint density at radius 1 is 0.687 bits per heavy atom. The minimum Gasteiger partial charge on any atom is -0.493 e. The predicted octanol–water partition coefficient (Wildman–Crippen LogP) is 11.3. The van der Waals surface area contributed by atoms with Crippen molar-refractivity contribution in [3.63, 3.8) is 0 Å². The third kappa shape index (κ3) is 11.5. The summed E-state index contributed by atoms with van der Waals surface area (Å²) in [6.45, 7) is 11.8. The molecule has 0 aliphatic carbocycles. The lowest BCUT2D eigenvalue weighted by molar-refractivity contribution is 0.161. The molecular formula is C54H68N8O3S2. The molecular weight excluding hydrogens is 873 g/mol. The van der Waals surface area contributed by atoms with E-state index in [4.69, 9.17) is 24.2 Å². The number of ether oxygens (including phenoxy) is 3. The highest BCUT2D eigenvalue weighted by Crippen LogP contribution is 2.33. The second kappa shape index (κ2) is 22.6. The second-order valence-corrected chi connectivity index (χ2v) is 20.0. The third-order valence-corrected chi connectivity index (χ3v) is 15.0. The van der Waals surface area contributed by atoms with E-state index < -0.39 is 0 Å². The SMILES string of the molecule is CCCc1cn(CCCc2ccc(OCC3CCNCC3)cc2)c(-c2cc3sccc3n2C)n1.CCCc1cnc(-c2cc3sccc3n2C)n1CCOc1cccc(OC2CCNCC2)c1. The Balaban J connectivity index is 0.000000168. The fourth-order valence-electron chi connectivity index (χ4n) is 9.54. The Morgan fingerprint density at radius 3 is 2.04 bits per heavy atom. The molecule has 0 bridgehead atoms. The van der Waals surface area contributed by atoms with Gasteiger partial charge in [0.15, 0.2) is 11.6 Å². The first-order valence-corrected chi connectivity index (χ1v) is 26.4. The number of aromatic nitrogens is 6. The van der Waals surface area contributed by atoms with Gasteiger partial charge >= 0.3 is 0 Å². The predicted molar refractivity (Wildman–Crippen MR) is 276 cm³/mol. The van der Waals surface area contributed by atoms with Crippen molar-refractivity contribution in [1.82, 2.24) is 38.9 Å². The van der Waals surface area contributed by atoms with Crippen molar-refractivity contribution in [2.24, 2.45) is 20.0 Å². The highest BCUT2D eigenvalue weighted by Gasteiger charge is 2.20. The van der Waals surface area contributed by atoms with Gasteiger partial charge < -0.3 is 43.1 Å². The molecule has 354 valence electrons. The van der Waals surface area contributed by atoms with Crippen LogP contribution in [0.2, 0.25) is 0 Å². The molecule has 2 aromatic carbocycles. The monoisotopic (exact) mass is 940 g/mol. The number of benzene rings is 2. The topological polar surface area (TPSA) is 97.2 Å². The van der Waals surface area contributed by atoms with Crippen LogP contribution in [-0.4, -0.2) is 73.7 Å². The van der Waals surface area contributed by atoms with Gasteiger partial charge in [-0.05, 0) is 148 Å². The highest BCUT2D eigenvalue weighted by molar-refractivity contribution is 7.17. The average molecular weight is 941 g/mol. The van der Waals surface area contributed by atoms with Crippen LogP contribution in [0.1, 0.15) is 75.7 Å². The molecule has 13 heteroatoms. The van der Waals surface area contributed by atoms with Gasteiger partial charge in [0.25, 0.3) is 0 Å². The number of imidazole rings is 2. The minimum absolute atomic E-state index is 0.284. The molecule has 0 amide bonds. The summed E-state index contributed by atoms with van der Waals surface area (Å²) >= 11 is 3.57. The molecule has 0 atom stereocenters. The maximum Gasteiger partial charge on any atom is 0.157 e. The normalized spacial score (nSPS) is 14.7. The first-order valence-electron chi connectivity index (χ1n) is 24.6. The second-order valence-electron chi connectivity index (χ2n) is 18.1. The Kier molecular flexibility index (Phi) is 15.8. The number of nitrogens with one attached hydrogen (secondary N) is 2. The van der Waals surface area contributed by atoms with E-state index in [2.05, 4.69) is 122 Å². The van der Waals surface area contributed by atoms with Crippen LogP contribution in [0.25, 0.3) is 43.5 Å². The van der Waals surface area contributed by atoms with E-state index in [0.717, 1.165) is 132 Å². The van der Waals surface area contributed by atoms with Gasteiger partial charge in [0, 0.05) is 44.8 Å². The van der Waals surface area contributed by atoms with Crippen molar-refractivity contribution in [3.05, 3.63) is 113 Å². The van der Waals surface area contributed by atoms with Gasteiger partial charge in [0.2, 0.25) is 0 Å². The summed E-state index contributed by atoms with van der Waals surface area (Å²) in [7, 11) is 4.27. The fourth-order valence-corrected chi connectivity index (χ4v) is 11.2. The number of nitrogens with zero attached hydrogens (tertiary/aromatic N) is 6. The van der Waals surface area contributed by atoms with Crippen LogP contribution in [0.15, 0.2) is 96.0 Å². The maximum absolute atomic E-state index is 6.17. The molecule has 10 rings (SSSR count). The number of piperidine rings is 2. The standard InChI is InChI=1S/C28H36N4OS.C26H32N4O2S/c1-3-5-23-19-32(28(30-23)26-18-27-25(31(26)2)13-17-34-27)16-4-6-21-7-9-24(10-8-21)33-20-22-11-14-29-15-12-22;1-3-5-19-18-28-26(24-17-25-23(29(24)2)10-15-33-25)30(19)13-14-31-21-6-4-7-22(16-21)32-20-8-11-27-12-9-20/h7-10,13,17-19,22,29H,3-6,11-12,14-16,20H2,1-2H3;4,6-7,10,15-18,20,27H,3,5,8-9,11-14H2,1-2H3. The summed E-state index contributed by atoms with van der Waals surface area (Å²) < 4.78 is 30.2. The summed E-state index contributed by atoms with van der Waals surface area (Å²) in [5, 5.41) is 11.1. The van der Waals surface area contributed by atoms with E-state index in [-0.39, 0.29) is 6.10 Å². The largest absolute Gasteiger partial charge is 0.493 e. The van der Waals surface area contributed by atoms with E-state index >= 15 is 0 Å². The minimum atomic E-state index is 0.284. The molecule has 0 saturated carbocycles. The average Bonchev–Trinajstić information content (AvgIpc) is 4.23. The van der Waals surface area contributed by atoms with E-state index in [1.807, 2.05) is 30.5 Å². The fraction of sp³-hybridized carbons (Fsp3) is 0.444. The van der Waals surface area contributed by atoms with Gasteiger partial charge in [-0.1, -0.05) is 44.9 Å². The van der Waals surface area contributed by atoms with Crippen LogP contribution in [0, 0.1) is 5.92 Å². The molecule has 67 heavy (non-hydrogen) atoms. The summed E-state index contributed by atoms with van der Waals surface area (Å²) in [4.78, 5) is 9.84. The third-order valence-electron chi connectivity index (χ3n) is 13.3. The van der Waals surface area contributed by atoms with Crippen LogP contribution >= 0.6 is 22.7 Å². The van der Waals surface area contributed by atoms with Crippen LogP contribution < -0.4 is 24.8 Å². The molecule has 2 N–H and O–H groups in total. The van der Waals surface area contributed by atoms with E-state index in [1.165, 1.54) is 55.9 Å². The van der Waals surface area contributed by atoms with E-state index in [9.17, 15) is 0 Å². The lowest BCUT2D eigenvalue weighted by Gasteiger charge is -2.24. The van der Waals surface area contributed by atoms with Crippen LogP contribution in [-0.2, 0) is 46.4 Å². The quantitative estimate of drug-likeness (QED) is 0.0833. The molecule has 0 radical (unpaired) electrons. The number of hydrogen-bond acceptors (Lipinski definition) is 9. The number of aryl methyl sites for hydroxylation is 6. The molecule has 8 heterocycles. The summed E-state index contributed by atoms with van der Waals surface area (Å²) in [5.74, 6) is 5.51. The van der Waals surface area contributed by atoms with Gasteiger partial charge in [0.1, 0.15) is 30.0 Å². The van der Waals surface area contributed by atoms with Crippen molar-refractivity contribution in [2.45, 2.75) is 97.2 Å². The smallest absolute Gasteiger partial charge is 0.157 e. The number of thiophene rings is 2. The first kappa shape index (κ1) is 46.8. The maximum atomic E-state index is 6.17. The molecule has 6 aromatic heterocycles. The van der Waals surface area contributed by atoms with Crippen LogP contribution in [0.4, 0.5) is 0 Å². The van der Waals surface area contributed by atoms with Crippen molar-refractivity contribution >= 4 is 43.1 Å². The molecule has 2 aliphatic rings. The van der Waals surface area contributed by atoms with Gasteiger partial charge in [-0.15, -0.1) is 22.7 Å². The zero-order chi connectivity index (χ0) is 46.0. The molecule has 0 unspecified atom stereocenters. The van der Waals surface area contributed by atoms with Crippen molar-refractivity contribution in [2.75, 3.05) is 39.4 Å². The Morgan fingerprint density at radius 2 is 1.36 bits per heavy atom. The molecule has 8 aromatic rings. The first-order chi connectivity index (χ1) is 32.9. The van der Waals surface area contributed by atoms with Gasteiger partial charge in [-0.3, -0.25) is 0 Å². The number of fused-ring (bicyclic) bond motifs is 2. The van der Waals surface area contributed by atoms with Crippen molar-refractivity contribution in [3.8, 4) is 40.3 Å². The van der Waals surface area contributed by atoms with E-state index in [0.29, 0.717) is 12.5 Å². The van der Waals surface area contributed by atoms with Crippen molar-refractivity contribution < 1.29 is 14.2 Å². The van der Waals surface area contributed by atoms with Crippen molar-refractivity contribution in [1.29, 1.82) is 0 Å².